The summed E-state index contributed by atoms with van der Waals surface area (Å²) in [7, 11) is -1.23. The van der Waals surface area contributed by atoms with Gasteiger partial charge in [0.15, 0.2) is 0 Å². The van der Waals surface area contributed by atoms with Crippen molar-refractivity contribution in [2.24, 2.45) is 0 Å². The Hall–Kier alpha value is -3.51. The first-order valence-corrected chi connectivity index (χ1v) is 13.1. The minimum absolute atomic E-state index is 0.138. The fourth-order valence-corrected chi connectivity index (χ4v) is 5.02. The molecule has 1 amide bonds. The fourth-order valence-electron chi connectivity index (χ4n) is 4.01. The summed E-state index contributed by atoms with van der Waals surface area (Å²) >= 11 is 0. The summed E-state index contributed by atoms with van der Waals surface area (Å²) in [5.74, 6) is 0.880. The van der Waals surface area contributed by atoms with E-state index in [1.165, 1.54) is 0 Å². The highest BCUT2D eigenvalue weighted by atomic mass is 32.2. The first kappa shape index (κ1) is 24.2. The van der Waals surface area contributed by atoms with Crippen molar-refractivity contribution in [1.82, 2.24) is 24.9 Å². The highest BCUT2D eigenvalue weighted by Gasteiger charge is 2.43. The van der Waals surface area contributed by atoms with E-state index < -0.39 is 16.4 Å². The number of aromatic nitrogens is 5. The third-order valence-corrected chi connectivity index (χ3v) is 7.61. The van der Waals surface area contributed by atoms with Gasteiger partial charge in [0.05, 0.1) is 41.1 Å². The Morgan fingerprint density at radius 1 is 1.14 bits per heavy atom. The summed E-state index contributed by atoms with van der Waals surface area (Å²) in [4.78, 5) is 35.4. The molecule has 3 aromatic heterocycles. The number of carbonyl (C=O) groups excluding carboxylic acids is 1. The maximum Gasteiger partial charge on any atom is 0.237 e. The molecule has 0 bridgehead atoms. The number of hydrogen-bond donors (Lipinski definition) is 2. The minimum atomic E-state index is -1.23. The zero-order valence-electron chi connectivity index (χ0n) is 19.8. The van der Waals surface area contributed by atoms with Crippen molar-refractivity contribution in [3.8, 4) is 17.1 Å². The minimum Gasteiger partial charge on any atom is -0.477 e. The molecule has 0 aromatic carbocycles. The monoisotopic (exact) mass is 509 g/mol. The fraction of sp³-hybridized carbons (Fsp3) is 0.417. The van der Waals surface area contributed by atoms with E-state index in [0.29, 0.717) is 55.7 Å². The molecule has 12 heteroatoms. The van der Waals surface area contributed by atoms with Gasteiger partial charge in [-0.05, 0) is 50.8 Å². The van der Waals surface area contributed by atoms with Crippen LogP contribution < -0.4 is 14.8 Å². The van der Waals surface area contributed by atoms with E-state index in [0.717, 1.165) is 18.4 Å². The Kier molecular flexibility index (Phi) is 7.14. The molecule has 2 N–H and O–H groups in total. The van der Waals surface area contributed by atoms with Gasteiger partial charge in [-0.2, -0.15) is 0 Å². The van der Waals surface area contributed by atoms with Gasteiger partial charge >= 0.3 is 0 Å². The Bertz CT molecular complexity index is 1250. The SMILES string of the molecule is CCOc1cncc(-c2ccc(NC(=O)C3(c4ccnc(NS(=O)C5CC5)n4)CCOCC3)nc2)n1. The number of pyridine rings is 1. The van der Waals surface area contributed by atoms with Crippen molar-refractivity contribution in [3.63, 3.8) is 0 Å². The Balaban J connectivity index is 1.35. The number of nitrogens with one attached hydrogen (secondary N) is 2. The third kappa shape index (κ3) is 5.34. The standard InChI is InChI=1S/C24H27N7O4S/c1-2-35-21-15-25-14-18(28-21)16-3-6-20(27-13-16)30-22(32)24(8-11-34-12-9-24)19-7-10-26-23(29-19)31-36(33)17-4-5-17/h3,6-7,10,13-15,17H,2,4-5,8-9,11-12H2,1H3,(H,26,29,31)(H,27,30,32). The Morgan fingerprint density at radius 2 is 1.97 bits per heavy atom. The van der Waals surface area contributed by atoms with Gasteiger partial charge in [0.25, 0.3) is 0 Å². The molecule has 1 atom stereocenters. The lowest BCUT2D eigenvalue weighted by Crippen LogP contribution is -2.45. The number of anilines is 2. The van der Waals surface area contributed by atoms with Crippen LogP contribution in [0, 0.1) is 0 Å². The van der Waals surface area contributed by atoms with Crippen LogP contribution in [0.2, 0.25) is 0 Å². The van der Waals surface area contributed by atoms with Crippen molar-refractivity contribution in [3.05, 3.63) is 48.7 Å². The maximum atomic E-state index is 13.6. The van der Waals surface area contributed by atoms with Crippen LogP contribution >= 0.6 is 0 Å². The molecule has 1 saturated heterocycles. The maximum absolute atomic E-state index is 13.6. The van der Waals surface area contributed by atoms with Gasteiger partial charge in [-0.3, -0.25) is 14.5 Å². The van der Waals surface area contributed by atoms with Crippen LogP contribution in [-0.4, -0.2) is 60.1 Å². The molecule has 5 rings (SSSR count). The molecule has 36 heavy (non-hydrogen) atoms. The average molecular weight is 510 g/mol. The number of amides is 1. The summed E-state index contributed by atoms with van der Waals surface area (Å²) in [6, 6.07) is 5.27. The van der Waals surface area contributed by atoms with Gasteiger partial charge in [0.1, 0.15) is 16.8 Å². The predicted octanol–water partition coefficient (Wildman–Crippen LogP) is 2.65. The van der Waals surface area contributed by atoms with Gasteiger partial charge in [-0.15, -0.1) is 0 Å². The van der Waals surface area contributed by atoms with E-state index in [1.54, 1.807) is 36.9 Å². The zero-order chi connectivity index (χ0) is 25.0. The second kappa shape index (κ2) is 10.6. The molecule has 11 nitrogen and oxygen atoms in total. The Labute approximate surface area is 211 Å². The lowest BCUT2D eigenvalue weighted by atomic mass is 9.76. The van der Waals surface area contributed by atoms with E-state index in [9.17, 15) is 9.00 Å². The van der Waals surface area contributed by atoms with Crippen LogP contribution in [0.4, 0.5) is 11.8 Å². The first-order valence-electron chi connectivity index (χ1n) is 11.9. The average Bonchev–Trinajstić information content (AvgIpc) is 3.76. The molecule has 2 aliphatic rings. The van der Waals surface area contributed by atoms with Gasteiger partial charge in [-0.25, -0.2) is 24.1 Å². The molecule has 0 spiro atoms. The summed E-state index contributed by atoms with van der Waals surface area (Å²) in [5.41, 5.74) is 1.01. The lowest BCUT2D eigenvalue weighted by molar-refractivity contribution is -0.125. The third-order valence-electron chi connectivity index (χ3n) is 6.15. The summed E-state index contributed by atoms with van der Waals surface area (Å²) < 4.78 is 26.1. The van der Waals surface area contributed by atoms with E-state index in [2.05, 4.69) is 35.0 Å². The van der Waals surface area contributed by atoms with Gasteiger partial charge in [-0.1, -0.05) is 0 Å². The molecule has 188 valence electrons. The molecule has 0 radical (unpaired) electrons. The van der Waals surface area contributed by atoms with E-state index >= 15 is 0 Å². The topological polar surface area (TPSA) is 141 Å². The van der Waals surface area contributed by atoms with Crippen molar-refractivity contribution < 1.29 is 18.5 Å². The Morgan fingerprint density at radius 3 is 2.69 bits per heavy atom. The van der Waals surface area contributed by atoms with Gasteiger partial charge < -0.3 is 14.8 Å². The normalized spacial score (nSPS) is 17.7. The smallest absolute Gasteiger partial charge is 0.237 e. The van der Waals surface area contributed by atoms with Crippen molar-refractivity contribution >= 4 is 28.7 Å². The lowest BCUT2D eigenvalue weighted by Gasteiger charge is -2.35. The number of nitrogens with zero attached hydrogens (tertiary/aromatic N) is 5. The summed E-state index contributed by atoms with van der Waals surface area (Å²) in [5, 5.41) is 3.08. The van der Waals surface area contributed by atoms with E-state index in [4.69, 9.17) is 9.47 Å². The molecule has 1 aliphatic heterocycles. The van der Waals surface area contributed by atoms with Crippen molar-refractivity contribution in [2.45, 2.75) is 43.3 Å². The van der Waals surface area contributed by atoms with Gasteiger partial charge in [0.2, 0.25) is 17.7 Å². The molecular formula is C24H27N7O4S. The number of rotatable bonds is 9. The largest absolute Gasteiger partial charge is 0.477 e. The molecular weight excluding hydrogens is 482 g/mol. The van der Waals surface area contributed by atoms with Crippen LogP contribution in [-0.2, 0) is 25.9 Å². The summed E-state index contributed by atoms with van der Waals surface area (Å²) in [6.07, 6.45) is 9.18. The second-order valence-corrected chi connectivity index (χ2v) is 10.1. The van der Waals surface area contributed by atoms with Crippen LogP contribution in [0.5, 0.6) is 5.88 Å². The van der Waals surface area contributed by atoms with Crippen LogP contribution in [0.15, 0.2) is 43.0 Å². The second-order valence-electron chi connectivity index (χ2n) is 8.62. The molecule has 2 fully saturated rings. The molecule has 3 aromatic rings. The number of ether oxygens (including phenoxy) is 2. The molecule has 1 saturated carbocycles. The van der Waals surface area contributed by atoms with Crippen molar-refractivity contribution in [2.75, 3.05) is 29.9 Å². The zero-order valence-corrected chi connectivity index (χ0v) is 20.7. The molecule has 1 unspecified atom stereocenters. The molecule has 4 heterocycles. The summed E-state index contributed by atoms with van der Waals surface area (Å²) in [6.45, 7) is 3.23. The highest BCUT2D eigenvalue weighted by Crippen LogP contribution is 2.36. The number of carbonyl (C=O) groups is 1. The molecule has 1 aliphatic carbocycles. The van der Waals surface area contributed by atoms with E-state index in [-0.39, 0.29) is 17.1 Å². The van der Waals surface area contributed by atoms with E-state index in [1.807, 2.05) is 13.0 Å². The van der Waals surface area contributed by atoms with Crippen molar-refractivity contribution in [1.29, 1.82) is 0 Å². The van der Waals surface area contributed by atoms with Gasteiger partial charge in [0, 0.05) is 31.2 Å². The highest BCUT2D eigenvalue weighted by molar-refractivity contribution is 7.87. The van der Waals surface area contributed by atoms with Crippen LogP contribution in [0.3, 0.4) is 0 Å². The first-order chi connectivity index (χ1) is 17.6. The quantitative estimate of drug-likeness (QED) is 0.445. The van der Waals surface area contributed by atoms with Crippen LogP contribution in [0.1, 0.15) is 38.3 Å². The van der Waals surface area contributed by atoms with Crippen LogP contribution in [0.25, 0.3) is 11.3 Å². The number of hydrogen-bond acceptors (Lipinski definition) is 9. The predicted molar refractivity (Wildman–Crippen MR) is 134 cm³/mol.